The molecule has 1 rings (SSSR count). The second kappa shape index (κ2) is 7.68. The van der Waals surface area contributed by atoms with Gasteiger partial charge in [0.15, 0.2) is 0 Å². The summed E-state index contributed by atoms with van der Waals surface area (Å²) in [4.78, 5) is 21.7. The van der Waals surface area contributed by atoms with Gasteiger partial charge in [0.1, 0.15) is 6.17 Å². The Morgan fingerprint density at radius 2 is 1.90 bits per heavy atom. The van der Waals surface area contributed by atoms with Gasteiger partial charge in [0.25, 0.3) is 5.69 Å². The first-order valence-electron chi connectivity index (χ1n) is 6.11. The number of anilines is 1. The third-order valence-electron chi connectivity index (χ3n) is 2.50. The third-order valence-corrected chi connectivity index (χ3v) is 3.15. The van der Waals surface area contributed by atoms with Gasteiger partial charge in [-0.1, -0.05) is 41.7 Å². The van der Waals surface area contributed by atoms with Crippen LogP contribution in [0.2, 0.25) is 0 Å². The molecule has 0 radical (unpaired) electrons. The van der Waals surface area contributed by atoms with Crippen molar-refractivity contribution in [2.75, 3.05) is 5.32 Å². The molecule has 1 atom stereocenters. The molecule has 0 aliphatic heterocycles. The van der Waals surface area contributed by atoms with Crippen molar-refractivity contribution in [1.29, 1.82) is 0 Å². The number of nitrogens with zero attached hydrogens (tertiary/aromatic N) is 1. The summed E-state index contributed by atoms with van der Waals surface area (Å²) in [6.45, 7) is 1.85. The molecule has 6 nitrogen and oxygen atoms in total. The van der Waals surface area contributed by atoms with E-state index >= 15 is 0 Å². The summed E-state index contributed by atoms with van der Waals surface area (Å²) in [6, 6.07) is 5.55. The lowest BCUT2D eigenvalue weighted by Gasteiger charge is -2.27. The Morgan fingerprint density at radius 3 is 2.33 bits per heavy atom. The van der Waals surface area contributed by atoms with E-state index < -0.39 is 14.9 Å². The second-order valence-electron chi connectivity index (χ2n) is 4.24. The molecular weight excluding hydrogens is 341 g/mol. The van der Waals surface area contributed by atoms with Gasteiger partial charge in [-0.25, -0.2) is 0 Å². The van der Waals surface area contributed by atoms with Gasteiger partial charge in [0, 0.05) is 24.2 Å². The van der Waals surface area contributed by atoms with Crippen LogP contribution in [0.15, 0.2) is 24.3 Å². The fourth-order valence-corrected chi connectivity index (χ4v) is 1.83. The van der Waals surface area contributed by atoms with Gasteiger partial charge in [-0.3, -0.25) is 14.9 Å². The summed E-state index contributed by atoms with van der Waals surface area (Å²) in [5.74, 6) is -0.261. The highest BCUT2D eigenvalue weighted by Gasteiger charge is 2.33. The summed E-state index contributed by atoms with van der Waals surface area (Å²) >= 11 is 17.5. The summed E-state index contributed by atoms with van der Waals surface area (Å²) in [6.07, 6.45) is 0.0118. The van der Waals surface area contributed by atoms with Crippen LogP contribution in [0.4, 0.5) is 11.4 Å². The average molecular weight is 355 g/mol. The number of nitro groups is 1. The summed E-state index contributed by atoms with van der Waals surface area (Å²) in [5.41, 5.74) is 0.426. The van der Waals surface area contributed by atoms with E-state index in [1.165, 1.54) is 24.3 Å². The molecule has 116 valence electrons. The minimum atomic E-state index is -1.77. The van der Waals surface area contributed by atoms with E-state index in [0.29, 0.717) is 18.5 Å². The van der Waals surface area contributed by atoms with Gasteiger partial charge in [0.2, 0.25) is 9.70 Å². The zero-order valence-electron chi connectivity index (χ0n) is 11.1. The molecule has 0 heterocycles. The van der Waals surface area contributed by atoms with Gasteiger partial charge in [0.05, 0.1) is 4.92 Å². The minimum absolute atomic E-state index is 0.0546. The summed E-state index contributed by atoms with van der Waals surface area (Å²) in [7, 11) is 0. The van der Waals surface area contributed by atoms with Gasteiger partial charge >= 0.3 is 0 Å². The zero-order valence-corrected chi connectivity index (χ0v) is 13.4. The molecule has 1 aromatic carbocycles. The number of amides is 1. The number of rotatable bonds is 6. The van der Waals surface area contributed by atoms with Crippen molar-refractivity contribution < 1.29 is 9.72 Å². The lowest BCUT2D eigenvalue weighted by Crippen LogP contribution is -2.49. The molecule has 0 aliphatic rings. The van der Waals surface area contributed by atoms with Crippen LogP contribution in [0, 0.1) is 10.1 Å². The molecule has 0 saturated carbocycles. The van der Waals surface area contributed by atoms with Crippen molar-refractivity contribution in [3.63, 3.8) is 0 Å². The Kier molecular flexibility index (Phi) is 6.51. The molecule has 9 heteroatoms. The second-order valence-corrected chi connectivity index (χ2v) is 6.61. The monoisotopic (exact) mass is 353 g/mol. The highest BCUT2D eigenvalue weighted by Crippen LogP contribution is 2.31. The number of nitrogens with one attached hydrogen (secondary N) is 2. The standard InChI is InChI=1S/C12H14Cl3N3O3/c1-2-3-10(19)17-11(12(13,14)15)16-8-4-6-9(7-5-8)18(20)21/h4-7,11,16H,2-3H2,1H3,(H,17,19). The quantitative estimate of drug-likeness (QED) is 0.354. The van der Waals surface area contributed by atoms with E-state index in [1.54, 1.807) is 0 Å². The van der Waals surface area contributed by atoms with E-state index in [1.807, 2.05) is 6.92 Å². The van der Waals surface area contributed by atoms with Gasteiger partial charge in [-0.2, -0.15) is 0 Å². The van der Waals surface area contributed by atoms with Crippen LogP contribution in [0.25, 0.3) is 0 Å². The predicted octanol–water partition coefficient (Wildman–Crippen LogP) is 3.62. The number of benzene rings is 1. The molecule has 0 bridgehead atoms. The first kappa shape index (κ1) is 17.8. The molecule has 1 amide bonds. The predicted molar refractivity (Wildman–Crippen MR) is 83.8 cm³/mol. The first-order valence-corrected chi connectivity index (χ1v) is 7.24. The van der Waals surface area contributed by atoms with Gasteiger partial charge in [-0.05, 0) is 18.6 Å². The van der Waals surface area contributed by atoms with E-state index in [4.69, 9.17) is 34.8 Å². The van der Waals surface area contributed by atoms with Gasteiger partial charge < -0.3 is 10.6 Å². The van der Waals surface area contributed by atoms with Crippen LogP contribution in [0.3, 0.4) is 0 Å². The molecule has 0 saturated heterocycles. The van der Waals surface area contributed by atoms with Crippen LogP contribution >= 0.6 is 34.8 Å². The first-order chi connectivity index (χ1) is 9.74. The highest BCUT2D eigenvalue weighted by molar-refractivity contribution is 6.68. The van der Waals surface area contributed by atoms with E-state index in [9.17, 15) is 14.9 Å². The molecule has 0 aromatic heterocycles. The molecule has 0 fully saturated rings. The van der Waals surface area contributed by atoms with Crippen molar-refractivity contribution in [2.24, 2.45) is 0 Å². The molecule has 0 aliphatic carbocycles. The number of alkyl halides is 3. The van der Waals surface area contributed by atoms with Crippen LogP contribution in [-0.2, 0) is 4.79 Å². The van der Waals surface area contributed by atoms with Crippen molar-refractivity contribution in [3.05, 3.63) is 34.4 Å². The topological polar surface area (TPSA) is 84.3 Å². The number of halogens is 3. The molecule has 0 spiro atoms. The highest BCUT2D eigenvalue weighted by atomic mass is 35.6. The van der Waals surface area contributed by atoms with E-state index in [2.05, 4.69) is 10.6 Å². The van der Waals surface area contributed by atoms with E-state index in [0.717, 1.165) is 0 Å². The molecular formula is C12H14Cl3N3O3. The van der Waals surface area contributed by atoms with Crippen LogP contribution < -0.4 is 10.6 Å². The van der Waals surface area contributed by atoms with Crippen molar-refractivity contribution >= 4 is 52.1 Å². The van der Waals surface area contributed by atoms with E-state index in [-0.39, 0.29) is 11.6 Å². The van der Waals surface area contributed by atoms with Crippen LogP contribution in [-0.4, -0.2) is 20.8 Å². The molecule has 2 N–H and O–H groups in total. The summed E-state index contributed by atoms with van der Waals surface area (Å²) < 4.78 is -1.77. The Morgan fingerprint density at radius 1 is 1.33 bits per heavy atom. The van der Waals surface area contributed by atoms with Crippen LogP contribution in [0.5, 0.6) is 0 Å². The maximum Gasteiger partial charge on any atom is 0.269 e. The van der Waals surface area contributed by atoms with Crippen molar-refractivity contribution in [2.45, 2.75) is 29.7 Å². The Balaban J connectivity index is 2.81. The minimum Gasteiger partial charge on any atom is -0.362 e. The third kappa shape index (κ3) is 5.95. The Labute approximate surface area is 136 Å². The van der Waals surface area contributed by atoms with Gasteiger partial charge in [-0.15, -0.1) is 0 Å². The normalized spacial score (nSPS) is 12.6. The molecule has 1 unspecified atom stereocenters. The number of nitro benzene ring substituents is 1. The number of hydrogen-bond donors (Lipinski definition) is 2. The average Bonchev–Trinajstić information content (AvgIpc) is 2.37. The fourth-order valence-electron chi connectivity index (χ4n) is 1.51. The maximum absolute atomic E-state index is 11.6. The van der Waals surface area contributed by atoms with Crippen LogP contribution in [0.1, 0.15) is 19.8 Å². The number of carbonyl (C=O) groups is 1. The number of non-ortho nitro benzene ring substituents is 1. The fraction of sp³-hybridized carbons (Fsp3) is 0.417. The molecule has 1 aromatic rings. The molecule has 21 heavy (non-hydrogen) atoms. The SMILES string of the molecule is CCCC(=O)NC(Nc1ccc([N+](=O)[O-])cc1)C(Cl)(Cl)Cl. The number of hydrogen-bond acceptors (Lipinski definition) is 4. The summed E-state index contributed by atoms with van der Waals surface area (Å²) in [5, 5.41) is 16.0. The number of carbonyl (C=O) groups excluding carboxylic acids is 1. The lowest BCUT2D eigenvalue weighted by atomic mass is 10.2. The lowest BCUT2D eigenvalue weighted by molar-refractivity contribution is -0.384. The van der Waals surface area contributed by atoms with Crippen molar-refractivity contribution in [3.8, 4) is 0 Å². The Bertz CT molecular complexity index is 503. The van der Waals surface area contributed by atoms with Crippen molar-refractivity contribution in [1.82, 2.24) is 5.32 Å². The maximum atomic E-state index is 11.6. The smallest absolute Gasteiger partial charge is 0.269 e. The zero-order chi connectivity index (χ0) is 16.0. The largest absolute Gasteiger partial charge is 0.362 e. The Hall–Kier alpha value is -1.24.